The third-order valence-corrected chi connectivity index (χ3v) is 8.69. The van der Waals surface area contributed by atoms with Crippen molar-refractivity contribution in [3.63, 3.8) is 0 Å². The number of carbonyl (C=O) groups excluding carboxylic acids is 1. The van der Waals surface area contributed by atoms with Crippen molar-refractivity contribution in [2.75, 3.05) is 26.2 Å². The van der Waals surface area contributed by atoms with Gasteiger partial charge in [0.2, 0.25) is 0 Å². The van der Waals surface area contributed by atoms with Crippen LogP contribution in [0.3, 0.4) is 0 Å². The number of likely N-dealkylation sites (tertiary alicyclic amines) is 2. The van der Waals surface area contributed by atoms with Gasteiger partial charge in [0.25, 0.3) is 5.91 Å². The number of rotatable bonds is 4. The van der Waals surface area contributed by atoms with Crippen molar-refractivity contribution >= 4 is 17.2 Å². The number of nitrogens with two attached hydrogens (primary N) is 1. The van der Waals surface area contributed by atoms with Gasteiger partial charge in [-0.15, -0.1) is 11.3 Å². The van der Waals surface area contributed by atoms with Gasteiger partial charge in [-0.25, -0.2) is 0 Å². The minimum absolute atomic E-state index is 0.127. The summed E-state index contributed by atoms with van der Waals surface area (Å²) in [4.78, 5) is 19.6. The van der Waals surface area contributed by atoms with E-state index in [-0.39, 0.29) is 11.9 Å². The molecule has 2 saturated heterocycles. The number of piperidine rings is 1. The monoisotopic (exact) mass is 423 g/mol. The molecular formula is C25H33N3OS. The largest absolute Gasteiger partial charge is 0.336 e. The molecule has 1 aliphatic carbocycles. The van der Waals surface area contributed by atoms with E-state index in [9.17, 15) is 4.79 Å². The van der Waals surface area contributed by atoms with Gasteiger partial charge in [-0.1, -0.05) is 30.7 Å². The van der Waals surface area contributed by atoms with Crippen LogP contribution in [0.4, 0.5) is 0 Å². The van der Waals surface area contributed by atoms with Crippen molar-refractivity contribution in [3.8, 4) is 10.4 Å². The van der Waals surface area contributed by atoms with Crippen LogP contribution in [0.15, 0.2) is 30.3 Å². The fourth-order valence-corrected chi connectivity index (χ4v) is 6.37. The van der Waals surface area contributed by atoms with Gasteiger partial charge in [0, 0.05) is 30.1 Å². The van der Waals surface area contributed by atoms with Crippen LogP contribution in [-0.2, 0) is 0 Å². The Morgan fingerprint density at radius 1 is 1.03 bits per heavy atom. The average molecular weight is 424 g/mol. The van der Waals surface area contributed by atoms with Crippen molar-refractivity contribution in [3.05, 3.63) is 46.3 Å². The summed E-state index contributed by atoms with van der Waals surface area (Å²) < 4.78 is 0. The molecule has 30 heavy (non-hydrogen) atoms. The van der Waals surface area contributed by atoms with Gasteiger partial charge in [-0.2, -0.15) is 0 Å². The molecule has 2 N–H and O–H groups in total. The Labute approximate surface area is 184 Å². The van der Waals surface area contributed by atoms with Gasteiger partial charge in [0.1, 0.15) is 0 Å². The van der Waals surface area contributed by atoms with Crippen LogP contribution in [0.5, 0.6) is 0 Å². The number of hydrogen-bond acceptors (Lipinski definition) is 4. The number of nitrogens with zero attached hydrogens (tertiary/aromatic N) is 2. The first-order valence-corrected chi connectivity index (χ1v) is 12.4. The van der Waals surface area contributed by atoms with Crippen LogP contribution in [0.25, 0.3) is 10.4 Å². The molecule has 2 aromatic rings. The highest BCUT2D eigenvalue weighted by atomic mass is 32.1. The van der Waals surface area contributed by atoms with E-state index in [1.165, 1.54) is 61.2 Å². The third kappa shape index (κ3) is 3.95. The first-order valence-electron chi connectivity index (χ1n) is 11.6. The third-order valence-electron chi connectivity index (χ3n) is 7.41. The molecule has 4 nitrogen and oxygen atoms in total. The van der Waals surface area contributed by atoms with Gasteiger partial charge >= 0.3 is 0 Å². The molecule has 1 atom stereocenters. The van der Waals surface area contributed by atoms with Crippen molar-refractivity contribution in [2.45, 2.75) is 63.5 Å². The number of hydrogen-bond donors (Lipinski definition) is 1. The zero-order valence-electron chi connectivity index (χ0n) is 18.0. The number of thiophene rings is 1. The van der Waals surface area contributed by atoms with Crippen LogP contribution in [0.2, 0.25) is 0 Å². The Balaban J connectivity index is 1.25. The van der Waals surface area contributed by atoms with Gasteiger partial charge < -0.3 is 15.5 Å². The summed E-state index contributed by atoms with van der Waals surface area (Å²) in [5.74, 6) is 0.837. The van der Waals surface area contributed by atoms with E-state index in [4.69, 9.17) is 5.73 Å². The minimum atomic E-state index is 0.127. The number of amides is 1. The summed E-state index contributed by atoms with van der Waals surface area (Å²) in [5.41, 5.74) is 9.76. The molecule has 3 heterocycles. The minimum Gasteiger partial charge on any atom is -0.336 e. The van der Waals surface area contributed by atoms with Crippen LogP contribution in [0.1, 0.15) is 65.2 Å². The molecule has 1 saturated carbocycles. The highest BCUT2D eigenvalue weighted by Crippen LogP contribution is 2.36. The summed E-state index contributed by atoms with van der Waals surface area (Å²) in [6.45, 7) is 6.02. The van der Waals surface area contributed by atoms with E-state index in [2.05, 4.69) is 35.2 Å². The molecule has 5 rings (SSSR count). The summed E-state index contributed by atoms with van der Waals surface area (Å²) in [6, 6.07) is 12.3. The predicted octanol–water partition coefficient (Wildman–Crippen LogP) is 4.63. The summed E-state index contributed by atoms with van der Waals surface area (Å²) in [5, 5.41) is 0. The lowest BCUT2D eigenvalue weighted by Crippen LogP contribution is -2.44. The first-order chi connectivity index (χ1) is 14.6. The molecule has 1 aromatic carbocycles. The molecule has 1 amide bonds. The quantitative estimate of drug-likeness (QED) is 0.780. The summed E-state index contributed by atoms with van der Waals surface area (Å²) >= 11 is 1.62. The van der Waals surface area contributed by atoms with Crippen LogP contribution in [-0.4, -0.2) is 54.0 Å². The molecule has 3 aliphatic rings. The zero-order chi connectivity index (χ0) is 20.7. The smallest absolute Gasteiger partial charge is 0.264 e. The van der Waals surface area contributed by atoms with Crippen molar-refractivity contribution in [1.29, 1.82) is 0 Å². The second-order valence-electron chi connectivity index (χ2n) is 9.44. The topological polar surface area (TPSA) is 49.6 Å². The maximum atomic E-state index is 12.9. The normalized spacial score (nSPS) is 23.7. The van der Waals surface area contributed by atoms with Crippen molar-refractivity contribution in [1.82, 2.24) is 9.80 Å². The first kappa shape index (κ1) is 20.2. The zero-order valence-corrected chi connectivity index (χ0v) is 18.8. The van der Waals surface area contributed by atoms with Gasteiger partial charge in [0.05, 0.1) is 4.88 Å². The highest BCUT2D eigenvalue weighted by molar-refractivity contribution is 7.17. The molecule has 160 valence electrons. The molecule has 3 fully saturated rings. The second-order valence-corrected chi connectivity index (χ2v) is 10.5. The Kier molecular flexibility index (Phi) is 5.69. The maximum Gasteiger partial charge on any atom is 0.264 e. The lowest BCUT2D eigenvalue weighted by atomic mass is 9.85. The Bertz CT molecular complexity index is 894. The van der Waals surface area contributed by atoms with E-state index in [0.717, 1.165) is 29.4 Å². The van der Waals surface area contributed by atoms with Gasteiger partial charge in [-0.3, -0.25) is 4.79 Å². The van der Waals surface area contributed by atoms with E-state index < -0.39 is 0 Å². The van der Waals surface area contributed by atoms with E-state index in [0.29, 0.717) is 12.5 Å². The number of carbonyl (C=O) groups is 1. The second kappa shape index (κ2) is 8.45. The number of aryl methyl sites for hydroxylation is 1. The predicted molar refractivity (Wildman–Crippen MR) is 124 cm³/mol. The molecule has 0 spiro atoms. The Morgan fingerprint density at radius 2 is 1.77 bits per heavy atom. The standard InChI is InChI=1S/C25H33N3OS/c1-17-15-23(30-24(17)25(29)28-14-11-21(26)16-28)20-7-5-18(6-8-20)19-9-12-27(13-10-19)22-3-2-4-22/h5-8,15,19,21-22H,2-4,9-14,16,26H2,1H3/t21-/m0/s1. The molecule has 0 unspecified atom stereocenters. The lowest BCUT2D eigenvalue weighted by Gasteiger charge is -2.42. The van der Waals surface area contributed by atoms with E-state index in [1.54, 1.807) is 11.3 Å². The van der Waals surface area contributed by atoms with Gasteiger partial charge in [-0.05, 0) is 80.8 Å². The fraction of sp³-hybridized carbons (Fsp3) is 0.560. The van der Waals surface area contributed by atoms with Crippen molar-refractivity contribution in [2.24, 2.45) is 5.73 Å². The summed E-state index contributed by atoms with van der Waals surface area (Å²) in [7, 11) is 0. The molecular weight excluding hydrogens is 390 g/mol. The molecule has 2 aliphatic heterocycles. The molecule has 1 aromatic heterocycles. The van der Waals surface area contributed by atoms with Crippen LogP contribution in [0, 0.1) is 6.92 Å². The molecule has 5 heteroatoms. The lowest BCUT2D eigenvalue weighted by molar-refractivity contribution is 0.0795. The number of benzene rings is 1. The van der Waals surface area contributed by atoms with Crippen molar-refractivity contribution < 1.29 is 4.79 Å². The summed E-state index contributed by atoms with van der Waals surface area (Å²) in [6.07, 6.45) is 7.72. The highest BCUT2D eigenvalue weighted by Gasteiger charge is 2.29. The Hall–Kier alpha value is -1.69. The maximum absolute atomic E-state index is 12.9. The molecule has 0 radical (unpaired) electrons. The average Bonchev–Trinajstić information content (AvgIpc) is 3.33. The van der Waals surface area contributed by atoms with E-state index >= 15 is 0 Å². The van der Waals surface area contributed by atoms with Crippen LogP contribution >= 0.6 is 11.3 Å². The molecule has 0 bridgehead atoms. The van der Waals surface area contributed by atoms with E-state index in [1.807, 2.05) is 11.8 Å². The van der Waals surface area contributed by atoms with Crippen LogP contribution < -0.4 is 5.73 Å². The Morgan fingerprint density at radius 3 is 2.37 bits per heavy atom. The van der Waals surface area contributed by atoms with Gasteiger partial charge in [0.15, 0.2) is 0 Å². The fourth-order valence-electron chi connectivity index (χ4n) is 5.22. The SMILES string of the molecule is Cc1cc(-c2ccc(C3CCN(C4CCC4)CC3)cc2)sc1C(=O)N1CC[C@H](N)C1.